The molecular weight excluding hydrogens is 332 g/mol. The minimum atomic E-state index is -0.457. The first kappa shape index (κ1) is 18.5. The zero-order valence-corrected chi connectivity index (χ0v) is 16.2. The van der Waals surface area contributed by atoms with Crippen molar-refractivity contribution in [1.29, 1.82) is 0 Å². The van der Waals surface area contributed by atoms with Gasteiger partial charge in [-0.1, -0.05) is 0 Å². The Bertz CT molecular complexity index is 663. The molecule has 3 heterocycles. The Balaban J connectivity index is 1.41. The Kier molecular flexibility index (Phi) is 5.38. The van der Waals surface area contributed by atoms with Crippen LogP contribution in [0.5, 0.6) is 0 Å². The lowest BCUT2D eigenvalue weighted by Crippen LogP contribution is -2.57. The number of hydrogen-bond donors (Lipinski definition) is 1. The van der Waals surface area contributed by atoms with Gasteiger partial charge in [-0.2, -0.15) is 5.10 Å². The molecular formula is C18H30N6O2. The third-order valence-electron chi connectivity index (χ3n) is 4.54. The number of aryl methyl sites for hydroxylation is 2. The molecule has 2 aliphatic heterocycles. The maximum Gasteiger partial charge on any atom is 0.410 e. The van der Waals surface area contributed by atoms with Crippen LogP contribution in [0.1, 0.15) is 32.8 Å². The maximum absolute atomic E-state index is 12.3. The smallest absolute Gasteiger partial charge is 0.410 e. The number of aliphatic imine (C=N–C) groups is 1. The summed E-state index contributed by atoms with van der Waals surface area (Å²) in [4.78, 5) is 21.0. The summed E-state index contributed by atoms with van der Waals surface area (Å²) < 4.78 is 7.32. The number of piperazine rings is 1. The van der Waals surface area contributed by atoms with Crippen LogP contribution in [0.4, 0.5) is 4.79 Å². The number of nitrogens with one attached hydrogen (secondary N) is 1. The predicted molar refractivity (Wildman–Crippen MR) is 100 cm³/mol. The molecule has 2 aliphatic rings. The third kappa shape index (κ3) is 4.68. The van der Waals surface area contributed by atoms with Gasteiger partial charge in [-0.3, -0.25) is 9.67 Å². The average Bonchev–Trinajstić information content (AvgIpc) is 3.15. The fraction of sp³-hybridized carbons (Fsp3) is 0.722. The summed E-state index contributed by atoms with van der Waals surface area (Å²) in [6.45, 7) is 9.42. The van der Waals surface area contributed by atoms with Crippen LogP contribution in [0.3, 0.4) is 0 Å². The Hall–Kier alpha value is -2.25. The van der Waals surface area contributed by atoms with E-state index in [1.165, 1.54) is 5.56 Å². The second-order valence-electron chi connectivity index (χ2n) is 7.99. The van der Waals surface area contributed by atoms with Gasteiger partial charge in [0.25, 0.3) is 0 Å². The number of nitrogens with zero attached hydrogens (tertiary/aromatic N) is 5. The standard InChI is InChI=1S/C18H30N6O2/c1-18(2,3)26-17(25)23-8-9-24-15(13-23)11-20-16(24)19-7-5-6-14-10-21-22(4)12-14/h10,12,15H,5-9,11,13H2,1-4H3,(H,19,20). The van der Waals surface area contributed by atoms with Crippen LogP contribution in [0.2, 0.25) is 0 Å². The van der Waals surface area contributed by atoms with E-state index in [1.54, 1.807) is 4.90 Å². The number of amides is 1. The van der Waals surface area contributed by atoms with E-state index < -0.39 is 5.60 Å². The number of fused-ring (bicyclic) bond motifs is 1. The Morgan fingerprint density at radius 2 is 2.19 bits per heavy atom. The van der Waals surface area contributed by atoms with Crippen molar-refractivity contribution >= 4 is 12.1 Å². The minimum Gasteiger partial charge on any atom is -0.444 e. The molecule has 0 spiro atoms. The van der Waals surface area contributed by atoms with E-state index in [2.05, 4.69) is 26.5 Å². The van der Waals surface area contributed by atoms with Crippen LogP contribution in [-0.4, -0.2) is 76.0 Å². The van der Waals surface area contributed by atoms with Crippen molar-refractivity contribution in [2.24, 2.45) is 12.0 Å². The minimum absolute atomic E-state index is 0.227. The molecule has 0 saturated carbocycles. The van der Waals surface area contributed by atoms with Gasteiger partial charge in [-0.05, 0) is 39.2 Å². The SMILES string of the molecule is Cn1cc(CCCNC2=NCC3CN(C(=O)OC(C)(C)C)CCN23)cn1. The lowest BCUT2D eigenvalue weighted by molar-refractivity contribution is 0.0137. The van der Waals surface area contributed by atoms with E-state index in [9.17, 15) is 4.79 Å². The Morgan fingerprint density at radius 1 is 1.38 bits per heavy atom. The van der Waals surface area contributed by atoms with E-state index in [-0.39, 0.29) is 12.1 Å². The zero-order valence-electron chi connectivity index (χ0n) is 16.2. The van der Waals surface area contributed by atoms with Gasteiger partial charge in [-0.15, -0.1) is 0 Å². The van der Waals surface area contributed by atoms with Crippen LogP contribution >= 0.6 is 0 Å². The van der Waals surface area contributed by atoms with Gasteiger partial charge < -0.3 is 19.9 Å². The molecule has 1 fully saturated rings. The van der Waals surface area contributed by atoms with Gasteiger partial charge in [0.2, 0.25) is 0 Å². The van der Waals surface area contributed by atoms with Gasteiger partial charge in [0, 0.05) is 39.4 Å². The first-order valence-corrected chi connectivity index (χ1v) is 9.32. The molecule has 1 N–H and O–H groups in total. The highest BCUT2D eigenvalue weighted by molar-refractivity contribution is 5.82. The molecule has 1 saturated heterocycles. The van der Waals surface area contributed by atoms with Crippen molar-refractivity contribution in [3.63, 3.8) is 0 Å². The van der Waals surface area contributed by atoms with E-state index in [4.69, 9.17) is 4.74 Å². The summed E-state index contributed by atoms with van der Waals surface area (Å²) in [7, 11) is 1.94. The number of aromatic nitrogens is 2. The summed E-state index contributed by atoms with van der Waals surface area (Å²) >= 11 is 0. The molecule has 26 heavy (non-hydrogen) atoms. The van der Waals surface area contributed by atoms with Crippen molar-refractivity contribution in [2.45, 2.75) is 45.3 Å². The van der Waals surface area contributed by atoms with Crippen molar-refractivity contribution in [1.82, 2.24) is 24.9 Å². The quantitative estimate of drug-likeness (QED) is 0.816. The van der Waals surface area contributed by atoms with Crippen molar-refractivity contribution in [2.75, 3.05) is 32.7 Å². The zero-order chi connectivity index (χ0) is 18.7. The molecule has 1 aromatic rings. The highest BCUT2D eigenvalue weighted by atomic mass is 16.6. The molecule has 0 radical (unpaired) electrons. The monoisotopic (exact) mass is 362 g/mol. The second-order valence-corrected chi connectivity index (χ2v) is 7.99. The first-order valence-electron chi connectivity index (χ1n) is 9.32. The number of ether oxygens (including phenoxy) is 1. The third-order valence-corrected chi connectivity index (χ3v) is 4.54. The van der Waals surface area contributed by atoms with Crippen LogP contribution in [0.25, 0.3) is 0 Å². The topological polar surface area (TPSA) is 75.0 Å². The van der Waals surface area contributed by atoms with E-state index in [0.717, 1.165) is 38.4 Å². The number of guanidine groups is 1. The molecule has 0 aliphatic carbocycles. The molecule has 1 amide bonds. The van der Waals surface area contributed by atoms with E-state index in [1.807, 2.05) is 38.7 Å². The molecule has 3 rings (SSSR count). The maximum atomic E-state index is 12.3. The fourth-order valence-electron chi connectivity index (χ4n) is 3.32. The molecule has 0 aromatic carbocycles. The van der Waals surface area contributed by atoms with Crippen LogP contribution in [0, 0.1) is 0 Å². The summed E-state index contributed by atoms with van der Waals surface area (Å²) in [5.74, 6) is 0.963. The predicted octanol–water partition coefficient (Wildman–Crippen LogP) is 1.23. The van der Waals surface area contributed by atoms with Gasteiger partial charge in [0.15, 0.2) is 5.96 Å². The van der Waals surface area contributed by atoms with Gasteiger partial charge in [-0.25, -0.2) is 4.79 Å². The van der Waals surface area contributed by atoms with Crippen LogP contribution in [-0.2, 0) is 18.2 Å². The van der Waals surface area contributed by atoms with Gasteiger partial charge in [0.1, 0.15) is 5.60 Å². The molecule has 8 heteroatoms. The van der Waals surface area contributed by atoms with Crippen LogP contribution in [0.15, 0.2) is 17.4 Å². The first-order chi connectivity index (χ1) is 12.3. The second kappa shape index (κ2) is 7.55. The number of carbonyl (C=O) groups is 1. The molecule has 1 atom stereocenters. The normalized spacial score (nSPS) is 20.0. The molecule has 144 valence electrons. The van der Waals surface area contributed by atoms with Crippen molar-refractivity contribution in [3.05, 3.63) is 18.0 Å². The number of hydrogen-bond acceptors (Lipinski definition) is 6. The fourth-order valence-corrected chi connectivity index (χ4v) is 3.32. The summed E-state index contributed by atoms with van der Waals surface area (Å²) in [6.07, 6.45) is 5.78. The highest BCUT2D eigenvalue weighted by Crippen LogP contribution is 2.18. The van der Waals surface area contributed by atoms with Crippen molar-refractivity contribution in [3.8, 4) is 0 Å². The molecule has 8 nitrogen and oxygen atoms in total. The number of carbonyl (C=O) groups excluding carboxylic acids is 1. The van der Waals surface area contributed by atoms with E-state index in [0.29, 0.717) is 13.1 Å². The summed E-state index contributed by atoms with van der Waals surface area (Å²) in [5, 5.41) is 7.65. The number of rotatable bonds is 4. The summed E-state index contributed by atoms with van der Waals surface area (Å²) in [5.41, 5.74) is 0.799. The lowest BCUT2D eigenvalue weighted by atomic mass is 10.2. The van der Waals surface area contributed by atoms with Crippen molar-refractivity contribution < 1.29 is 9.53 Å². The largest absolute Gasteiger partial charge is 0.444 e. The highest BCUT2D eigenvalue weighted by Gasteiger charge is 2.36. The Labute approximate surface area is 155 Å². The molecule has 1 aromatic heterocycles. The summed E-state index contributed by atoms with van der Waals surface area (Å²) in [6, 6.07) is 0.247. The van der Waals surface area contributed by atoms with E-state index >= 15 is 0 Å². The lowest BCUT2D eigenvalue weighted by Gasteiger charge is -2.39. The van der Waals surface area contributed by atoms with Gasteiger partial charge in [0.05, 0.1) is 18.8 Å². The van der Waals surface area contributed by atoms with Gasteiger partial charge >= 0.3 is 6.09 Å². The average molecular weight is 362 g/mol. The molecule has 0 bridgehead atoms. The van der Waals surface area contributed by atoms with Crippen LogP contribution < -0.4 is 5.32 Å². The molecule has 1 unspecified atom stereocenters. The Morgan fingerprint density at radius 3 is 2.88 bits per heavy atom.